The Labute approximate surface area is 132 Å². The van der Waals surface area contributed by atoms with Gasteiger partial charge in [0, 0.05) is 25.2 Å². The van der Waals surface area contributed by atoms with Gasteiger partial charge in [-0.15, -0.1) is 0 Å². The third kappa shape index (κ3) is 2.77. The molecule has 1 aromatic rings. The number of amides is 2. The van der Waals surface area contributed by atoms with Gasteiger partial charge in [-0.1, -0.05) is 12.1 Å². The fraction of sp³-hybridized carbons (Fsp3) is 0.588. The lowest BCUT2D eigenvalue weighted by Gasteiger charge is -2.26. The molecule has 5 heteroatoms. The summed E-state index contributed by atoms with van der Waals surface area (Å²) in [7, 11) is 3.82. The van der Waals surface area contributed by atoms with Gasteiger partial charge in [-0.05, 0) is 44.9 Å². The van der Waals surface area contributed by atoms with Crippen LogP contribution in [0.4, 0.5) is 10.5 Å². The summed E-state index contributed by atoms with van der Waals surface area (Å²) in [5.41, 5.74) is 1.79. The first-order valence-corrected chi connectivity index (χ1v) is 8.01. The van der Waals surface area contributed by atoms with Crippen molar-refractivity contribution in [2.75, 3.05) is 32.6 Å². The van der Waals surface area contributed by atoms with Gasteiger partial charge in [0.25, 0.3) is 0 Å². The van der Waals surface area contributed by atoms with E-state index in [2.05, 4.69) is 17.3 Å². The fourth-order valence-corrected chi connectivity index (χ4v) is 3.65. The number of hydrogen-bond acceptors (Lipinski definition) is 3. The molecule has 0 aliphatic carbocycles. The molecule has 2 aliphatic heterocycles. The third-order valence-corrected chi connectivity index (χ3v) is 5.12. The molecule has 2 bridgehead atoms. The molecule has 0 aromatic heterocycles. The Morgan fingerprint density at radius 1 is 1.27 bits per heavy atom. The number of nitrogens with zero attached hydrogens (tertiary/aromatic N) is 2. The van der Waals surface area contributed by atoms with Crippen LogP contribution in [0.3, 0.4) is 0 Å². The second-order valence-electron chi connectivity index (χ2n) is 6.37. The summed E-state index contributed by atoms with van der Waals surface area (Å²) in [6, 6.07) is 6.90. The molecule has 2 aliphatic rings. The van der Waals surface area contributed by atoms with Crippen molar-refractivity contribution in [2.45, 2.75) is 38.3 Å². The van der Waals surface area contributed by atoms with Crippen LogP contribution in [0.5, 0.6) is 5.75 Å². The van der Waals surface area contributed by atoms with E-state index >= 15 is 0 Å². The minimum absolute atomic E-state index is 0.0199. The normalized spacial score (nSPS) is 25.0. The van der Waals surface area contributed by atoms with Gasteiger partial charge in [0.15, 0.2) is 0 Å². The Bertz CT molecular complexity index is 561. The predicted molar refractivity (Wildman–Crippen MR) is 87.5 cm³/mol. The molecule has 5 nitrogen and oxygen atoms in total. The average Bonchev–Trinajstić information content (AvgIpc) is 2.74. The molecule has 2 heterocycles. The van der Waals surface area contributed by atoms with Crippen LogP contribution in [0.1, 0.15) is 24.8 Å². The summed E-state index contributed by atoms with van der Waals surface area (Å²) >= 11 is 0. The van der Waals surface area contributed by atoms with E-state index in [1.54, 1.807) is 7.11 Å². The van der Waals surface area contributed by atoms with E-state index in [1.807, 2.05) is 30.0 Å². The minimum Gasteiger partial charge on any atom is -0.495 e. The number of likely N-dealkylation sites (N-methyl/N-ethyl adjacent to an activating group) is 1. The highest BCUT2D eigenvalue weighted by atomic mass is 16.5. The van der Waals surface area contributed by atoms with Crippen LogP contribution in [-0.2, 0) is 0 Å². The van der Waals surface area contributed by atoms with Gasteiger partial charge in [-0.3, -0.25) is 4.90 Å². The highest BCUT2D eigenvalue weighted by molar-refractivity contribution is 5.92. The summed E-state index contributed by atoms with van der Waals surface area (Å²) in [5.74, 6) is 0.710. The zero-order valence-corrected chi connectivity index (χ0v) is 13.6. The standard InChI is InChI=1S/C17H25N3O2/c1-12-5-4-6-15(22-3)16(12)18-17(21)20-10-9-13-7-8-14(11-20)19(13)2/h4-6,13-14H,7-11H2,1-3H3,(H,18,21)/t13-,14+/m1/s1. The van der Waals surface area contributed by atoms with E-state index in [0.717, 1.165) is 30.8 Å². The van der Waals surface area contributed by atoms with Crippen LogP contribution in [-0.4, -0.2) is 55.2 Å². The van der Waals surface area contributed by atoms with Gasteiger partial charge in [-0.2, -0.15) is 0 Å². The molecule has 22 heavy (non-hydrogen) atoms. The smallest absolute Gasteiger partial charge is 0.322 e. The Morgan fingerprint density at radius 3 is 2.82 bits per heavy atom. The number of rotatable bonds is 2. The molecule has 3 rings (SSSR count). The Hall–Kier alpha value is -1.75. The van der Waals surface area contributed by atoms with Crippen LogP contribution >= 0.6 is 0 Å². The number of urea groups is 1. The van der Waals surface area contributed by atoms with Crippen LogP contribution in [0.15, 0.2) is 18.2 Å². The van der Waals surface area contributed by atoms with E-state index < -0.39 is 0 Å². The predicted octanol–water partition coefficient (Wildman–Crippen LogP) is 2.70. The Balaban J connectivity index is 1.73. The number of fused-ring (bicyclic) bond motifs is 2. The summed E-state index contributed by atoms with van der Waals surface area (Å²) in [6.07, 6.45) is 3.52. The van der Waals surface area contributed by atoms with E-state index in [4.69, 9.17) is 4.74 Å². The van der Waals surface area contributed by atoms with Crippen molar-refractivity contribution in [2.24, 2.45) is 0 Å². The molecular weight excluding hydrogens is 278 g/mol. The number of benzene rings is 1. The van der Waals surface area contributed by atoms with Crippen molar-refractivity contribution in [1.29, 1.82) is 0 Å². The molecule has 0 radical (unpaired) electrons. The molecule has 0 unspecified atom stereocenters. The SMILES string of the molecule is COc1cccc(C)c1NC(=O)N1CC[C@H]2CC[C@@H](C1)N2C. The first-order valence-electron chi connectivity index (χ1n) is 8.01. The van der Waals surface area contributed by atoms with E-state index in [1.165, 1.54) is 12.8 Å². The number of methoxy groups -OCH3 is 1. The molecular formula is C17H25N3O2. The van der Waals surface area contributed by atoms with Crippen LogP contribution < -0.4 is 10.1 Å². The highest BCUT2D eigenvalue weighted by Crippen LogP contribution is 2.30. The molecule has 120 valence electrons. The quantitative estimate of drug-likeness (QED) is 0.913. The number of hydrogen-bond donors (Lipinski definition) is 1. The lowest BCUT2D eigenvalue weighted by molar-refractivity contribution is 0.200. The van der Waals surface area contributed by atoms with Crippen molar-refractivity contribution in [3.63, 3.8) is 0 Å². The van der Waals surface area contributed by atoms with E-state index in [-0.39, 0.29) is 6.03 Å². The molecule has 2 atom stereocenters. The fourth-order valence-electron chi connectivity index (χ4n) is 3.65. The number of ether oxygens (including phenoxy) is 1. The highest BCUT2D eigenvalue weighted by Gasteiger charge is 2.36. The van der Waals surface area contributed by atoms with E-state index in [9.17, 15) is 4.79 Å². The first-order chi connectivity index (χ1) is 10.6. The number of likely N-dealkylation sites (tertiary alicyclic amines) is 1. The Morgan fingerprint density at radius 2 is 2.05 bits per heavy atom. The van der Waals surface area contributed by atoms with Crippen molar-refractivity contribution < 1.29 is 9.53 Å². The lowest BCUT2D eigenvalue weighted by atomic mass is 10.1. The first kappa shape index (κ1) is 15.2. The molecule has 1 N–H and O–H groups in total. The largest absolute Gasteiger partial charge is 0.495 e. The lowest BCUT2D eigenvalue weighted by Crippen LogP contribution is -2.41. The van der Waals surface area contributed by atoms with Gasteiger partial charge >= 0.3 is 6.03 Å². The van der Waals surface area contributed by atoms with Gasteiger partial charge in [0.05, 0.1) is 12.8 Å². The number of carbonyl (C=O) groups excluding carboxylic acids is 1. The molecule has 2 fully saturated rings. The van der Waals surface area contributed by atoms with Gasteiger partial charge in [0.2, 0.25) is 0 Å². The summed E-state index contributed by atoms with van der Waals surface area (Å²) in [6.45, 7) is 3.62. The Kier molecular flexibility index (Phi) is 4.25. The van der Waals surface area contributed by atoms with Crippen molar-refractivity contribution in [1.82, 2.24) is 9.80 Å². The van der Waals surface area contributed by atoms with Crippen molar-refractivity contribution in [3.8, 4) is 5.75 Å². The maximum Gasteiger partial charge on any atom is 0.322 e. The number of anilines is 1. The van der Waals surface area contributed by atoms with Gasteiger partial charge < -0.3 is 15.0 Å². The second-order valence-corrected chi connectivity index (χ2v) is 6.37. The number of aryl methyl sites for hydroxylation is 1. The monoisotopic (exact) mass is 303 g/mol. The summed E-state index contributed by atoms with van der Waals surface area (Å²) in [5, 5.41) is 3.05. The number of carbonyl (C=O) groups is 1. The van der Waals surface area contributed by atoms with Crippen LogP contribution in [0, 0.1) is 6.92 Å². The zero-order valence-electron chi connectivity index (χ0n) is 13.6. The van der Waals surface area contributed by atoms with Crippen LogP contribution in [0.2, 0.25) is 0 Å². The van der Waals surface area contributed by atoms with Crippen LogP contribution in [0.25, 0.3) is 0 Å². The molecule has 0 saturated carbocycles. The number of nitrogens with one attached hydrogen (secondary N) is 1. The zero-order chi connectivity index (χ0) is 15.7. The summed E-state index contributed by atoms with van der Waals surface area (Å²) < 4.78 is 5.36. The second kappa shape index (κ2) is 6.16. The molecule has 2 amide bonds. The molecule has 1 aromatic carbocycles. The van der Waals surface area contributed by atoms with Gasteiger partial charge in [-0.25, -0.2) is 4.79 Å². The maximum atomic E-state index is 12.7. The number of para-hydroxylation sites is 1. The van der Waals surface area contributed by atoms with Gasteiger partial charge in [0.1, 0.15) is 5.75 Å². The maximum absolute atomic E-state index is 12.7. The topological polar surface area (TPSA) is 44.8 Å². The van der Waals surface area contributed by atoms with E-state index in [0.29, 0.717) is 17.8 Å². The minimum atomic E-state index is -0.0199. The van der Waals surface area contributed by atoms with Crippen molar-refractivity contribution >= 4 is 11.7 Å². The summed E-state index contributed by atoms with van der Waals surface area (Å²) in [4.78, 5) is 17.1. The third-order valence-electron chi connectivity index (χ3n) is 5.12. The molecule has 2 saturated heterocycles. The molecule has 0 spiro atoms. The van der Waals surface area contributed by atoms with Crippen molar-refractivity contribution in [3.05, 3.63) is 23.8 Å². The average molecular weight is 303 g/mol.